The van der Waals surface area contributed by atoms with Gasteiger partial charge in [-0.1, -0.05) is 114 Å². The van der Waals surface area contributed by atoms with Gasteiger partial charge < -0.3 is 0 Å². The van der Waals surface area contributed by atoms with E-state index in [9.17, 15) is 0 Å². The third-order valence-electron chi connectivity index (χ3n) is 10.5. The van der Waals surface area contributed by atoms with Crippen LogP contribution in [0.2, 0.25) is 0 Å². The van der Waals surface area contributed by atoms with Crippen molar-refractivity contribution in [3.8, 4) is 0 Å². The molecule has 0 aromatic carbocycles. The van der Waals surface area contributed by atoms with Gasteiger partial charge in [-0.2, -0.15) is 0 Å². The van der Waals surface area contributed by atoms with E-state index in [1.54, 1.807) is 5.57 Å². The van der Waals surface area contributed by atoms with Gasteiger partial charge in [-0.25, -0.2) is 0 Å². The molecule has 33 heavy (non-hydrogen) atoms. The molecule has 1 aliphatic carbocycles. The molecule has 1 rings (SSSR count). The lowest BCUT2D eigenvalue weighted by atomic mass is 9.63. The molecule has 0 nitrogen and oxygen atoms in total. The van der Waals surface area contributed by atoms with Gasteiger partial charge in [-0.05, 0) is 97.2 Å². The Morgan fingerprint density at radius 3 is 2.00 bits per heavy atom. The van der Waals surface area contributed by atoms with Gasteiger partial charge in [-0.15, -0.1) is 0 Å². The van der Waals surface area contributed by atoms with Crippen LogP contribution in [-0.2, 0) is 0 Å². The van der Waals surface area contributed by atoms with Crippen LogP contribution in [0.5, 0.6) is 0 Å². The first kappa shape index (κ1) is 30.8. The summed E-state index contributed by atoms with van der Waals surface area (Å²) >= 11 is 0. The maximum Gasteiger partial charge on any atom is -0.0294 e. The summed E-state index contributed by atoms with van der Waals surface area (Å²) in [5.74, 6) is 8.59. The molecule has 0 bridgehead atoms. The molecule has 0 saturated heterocycles. The summed E-state index contributed by atoms with van der Waals surface area (Å²) in [6.07, 6.45) is 11.8. The number of hydrogen-bond acceptors (Lipinski definition) is 0. The Labute approximate surface area is 211 Å². The predicted octanol–water partition coefficient (Wildman–Crippen LogP) is 11.1. The van der Waals surface area contributed by atoms with Crippen molar-refractivity contribution >= 4 is 0 Å². The zero-order valence-corrected chi connectivity index (χ0v) is 25.3. The average Bonchev–Trinajstić information content (AvgIpc) is 3.42. The van der Waals surface area contributed by atoms with Crippen LogP contribution in [0.4, 0.5) is 0 Å². The first-order valence-electron chi connectivity index (χ1n) is 15.0. The SMILES string of the molecule is CCCC(C)(CC)C(CC)C(C)CC(C)C(C)C(C)C1C(C)C1C(C)CC(C)=CCC(C)C. The Balaban J connectivity index is 2.72. The van der Waals surface area contributed by atoms with E-state index in [1.165, 1.54) is 44.9 Å². The Kier molecular flexibility index (Phi) is 12.8. The molecule has 10 atom stereocenters. The second-order valence-electron chi connectivity index (χ2n) is 13.6. The van der Waals surface area contributed by atoms with Crippen LogP contribution in [0.25, 0.3) is 0 Å². The topological polar surface area (TPSA) is 0 Å². The molecule has 0 amide bonds. The normalized spacial score (nSPS) is 28.7. The highest BCUT2D eigenvalue weighted by atomic mass is 14.6. The van der Waals surface area contributed by atoms with Gasteiger partial charge in [0, 0.05) is 0 Å². The molecule has 10 unspecified atom stereocenters. The minimum absolute atomic E-state index is 0.518. The summed E-state index contributed by atoms with van der Waals surface area (Å²) in [6, 6.07) is 0. The van der Waals surface area contributed by atoms with Gasteiger partial charge in [0.05, 0.1) is 0 Å². The van der Waals surface area contributed by atoms with E-state index in [0.717, 1.165) is 59.2 Å². The highest BCUT2D eigenvalue weighted by Crippen LogP contribution is 2.58. The van der Waals surface area contributed by atoms with E-state index in [0.29, 0.717) is 5.41 Å². The highest BCUT2D eigenvalue weighted by molar-refractivity contribution is 5.06. The van der Waals surface area contributed by atoms with E-state index in [1.807, 2.05) is 0 Å². The monoisotopic (exact) mass is 461 g/mol. The molecule has 196 valence electrons. The van der Waals surface area contributed by atoms with Crippen molar-refractivity contribution in [1.82, 2.24) is 0 Å². The first-order chi connectivity index (χ1) is 15.3. The van der Waals surface area contributed by atoms with E-state index in [4.69, 9.17) is 0 Å². The molecule has 0 heterocycles. The zero-order valence-electron chi connectivity index (χ0n) is 25.3. The minimum atomic E-state index is 0.518. The van der Waals surface area contributed by atoms with Gasteiger partial charge in [0.15, 0.2) is 0 Å². The van der Waals surface area contributed by atoms with Gasteiger partial charge in [0.25, 0.3) is 0 Å². The average molecular weight is 461 g/mol. The molecule has 0 aromatic rings. The van der Waals surface area contributed by atoms with Crippen LogP contribution in [0.15, 0.2) is 11.6 Å². The zero-order chi connectivity index (χ0) is 25.5. The molecule has 0 heteroatoms. The Hall–Kier alpha value is -0.260. The molecule has 0 aliphatic heterocycles. The third-order valence-corrected chi connectivity index (χ3v) is 10.5. The molecule has 1 fully saturated rings. The first-order valence-corrected chi connectivity index (χ1v) is 15.0. The van der Waals surface area contributed by atoms with Crippen molar-refractivity contribution in [2.45, 2.75) is 135 Å². The fourth-order valence-electron chi connectivity index (χ4n) is 8.03. The van der Waals surface area contributed by atoms with Crippen molar-refractivity contribution in [3.63, 3.8) is 0 Å². The summed E-state index contributed by atoms with van der Waals surface area (Å²) in [4.78, 5) is 0. The van der Waals surface area contributed by atoms with Gasteiger partial charge in [0.1, 0.15) is 0 Å². The molecule has 1 aliphatic rings. The molecule has 0 N–H and O–H groups in total. The summed E-state index contributed by atoms with van der Waals surface area (Å²) in [6.45, 7) is 32.2. The maximum absolute atomic E-state index is 2.59. The van der Waals surface area contributed by atoms with Crippen molar-refractivity contribution in [2.24, 2.45) is 64.6 Å². The number of rotatable bonds is 16. The van der Waals surface area contributed by atoms with Crippen molar-refractivity contribution in [1.29, 1.82) is 0 Å². The largest absolute Gasteiger partial charge is 0.0853 e. The number of hydrogen-bond donors (Lipinski definition) is 0. The lowest BCUT2D eigenvalue weighted by molar-refractivity contribution is 0.0796. The summed E-state index contributed by atoms with van der Waals surface area (Å²) in [5.41, 5.74) is 2.14. The van der Waals surface area contributed by atoms with Crippen LogP contribution < -0.4 is 0 Å². The molecule has 1 saturated carbocycles. The lowest BCUT2D eigenvalue weighted by Crippen LogP contribution is -2.33. The maximum atomic E-state index is 2.59. The highest BCUT2D eigenvalue weighted by Gasteiger charge is 2.53. The Morgan fingerprint density at radius 2 is 1.52 bits per heavy atom. The van der Waals surface area contributed by atoms with Gasteiger partial charge in [0.2, 0.25) is 0 Å². The summed E-state index contributed by atoms with van der Waals surface area (Å²) in [5, 5.41) is 0. The summed E-state index contributed by atoms with van der Waals surface area (Å²) in [7, 11) is 0. The fraction of sp³-hybridized carbons (Fsp3) is 0.939. The van der Waals surface area contributed by atoms with E-state index in [2.05, 4.69) is 96.1 Å². The quantitative estimate of drug-likeness (QED) is 0.201. The van der Waals surface area contributed by atoms with E-state index in [-0.39, 0.29) is 0 Å². The van der Waals surface area contributed by atoms with Crippen LogP contribution in [-0.4, -0.2) is 0 Å². The van der Waals surface area contributed by atoms with E-state index < -0.39 is 0 Å². The molecule has 0 radical (unpaired) electrons. The third kappa shape index (κ3) is 8.42. The van der Waals surface area contributed by atoms with Gasteiger partial charge in [-0.3, -0.25) is 0 Å². The fourth-order valence-corrected chi connectivity index (χ4v) is 8.03. The lowest BCUT2D eigenvalue weighted by Gasteiger charge is -2.42. The van der Waals surface area contributed by atoms with Crippen LogP contribution in [0.1, 0.15) is 135 Å². The van der Waals surface area contributed by atoms with Crippen molar-refractivity contribution in [2.75, 3.05) is 0 Å². The predicted molar refractivity (Wildman–Crippen MR) is 151 cm³/mol. The Bertz CT molecular complexity index is 571. The molecular weight excluding hydrogens is 396 g/mol. The second-order valence-corrected chi connectivity index (χ2v) is 13.6. The van der Waals surface area contributed by atoms with Crippen molar-refractivity contribution < 1.29 is 0 Å². The van der Waals surface area contributed by atoms with Crippen LogP contribution >= 0.6 is 0 Å². The van der Waals surface area contributed by atoms with Crippen molar-refractivity contribution in [3.05, 3.63) is 11.6 Å². The van der Waals surface area contributed by atoms with Gasteiger partial charge >= 0.3 is 0 Å². The summed E-state index contributed by atoms with van der Waals surface area (Å²) < 4.78 is 0. The minimum Gasteiger partial charge on any atom is -0.0853 e. The number of allylic oxidation sites excluding steroid dienone is 2. The van der Waals surface area contributed by atoms with Crippen LogP contribution in [0, 0.1) is 64.6 Å². The molecule has 0 aromatic heterocycles. The second kappa shape index (κ2) is 13.7. The molecular formula is C33H64. The Morgan fingerprint density at radius 1 is 0.909 bits per heavy atom. The molecule has 0 spiro atoms. The van der Waals surface area contributed by atoms with Crippen LogP contribution in [0.3, 0.4) is 0 Å². The standard InChI is InChI=1S/C33H64/c1-14-19-33(13,16-3)30(15-2)25(8)21-24(7)27(10)28(11)32-29(12)31(32)26(9)20-23(6)18-17-22(4)5/h18,22,24-32H,14-17,19-21H2,1-13H3. The van der Waals surface area contributed by atoms with E-state index >= 15 is 0 Å². The smallest absolute Gasteiger partial charge is 0.0294 e.